The largest absolute Gasteiger partial charge is 0.496 e. The van der Waals surface area contributed by atoms with Crippen molar-refractivity contribution in [3.63, 3.8) is 0 Å². The Balaban J connectivity index is 1.67. The van der Waals surface area contributed by atoms with Gasteiger partial charge >= 0.3 is 11.8 Å². The fraction of sp³-hybridized carbons (Fsp3) is 0.304. The first-order valence-electron chi connectivity index (χ1n) is 10.4. The number of amides is 3. The standard InChI is InChI=1S/C23H26N4O7/c1-31-18-13-20(33-3)19(32-2)12-15(18)14-24-26-22(29)21(28)25-17-7-5-4-6-16(17)23(30)27-8-10-34-11-9-27/h4-7,12-14H,8-11H2,1-3H3,(H,25,28)(H,26,29). The molecule has 0 unspecified atom stereocenters. The zero-order valence-electron chi connectivity index (χ0n) is 19.1. The lowest BCUT2D eigenvalue weighted by Gasteiger charge is -2.27. The van der Waals surface area contributed by atoms with Gasteiger partial charge in [-0.2, -0.15) is 5.10 Å². The van der Waals surface area contributed by atoms with Crippen molar-refractivity contribution in [3.8, 4) is 17.2 Å². The molecule has 1 saturated heterocycles. The highest BCUT2D eigenvalue weighted by atomic mass is 16.5. The van der Waals surface area contributed by atoms with Crippen LogP contribution in [-0.2, 0) is 14.3 Å². The summed E-state index contributed by atoms with van der Waals surface area (Å²) in [6.07, 6.45) is 1.31. The molecule has 34 heavy (non-hydrogen) atoms. The molecule has 2 aromatic rings. The number of hydrogen-bond donors (Lipinski definition) is 2. The summed E-state index contributed by atoms with van der Waals surface area (Å²) < 4.78 is 21.0. The summed E-state index contributed by atoms with van der Waals surface area (Å²) in [6, 6.07) is 9.71. The van der Waals surface area contributed by atoms with Crippen LogP contribution in [0.5, 0.6) is 17.2 Å². The monoisotopic (exact) mass is 470 g/mol. The van der Waals surface area contributed by atoms with E-state index in [4.69, 9.17) is 18.9 Å². The van der Waals surface area contributed by atoms with Gasteiger partial charge in [-0.3, -0.25) is 14.4 Å². The third-order valence-corrected chi connectivity index (χ3v) is 5.02. The molecule has 2 N–H and O–H groups in total. The van der Waals surface area contributed by atoms with Gasteiger partial charge in [0.1, 0.15) is 5.75 Å². The number of nitrogens with zero attached hydrogens (tertiary/aromatic N) is 2. The highest BCUT2D eigenvalue weighted by Crippen LogP contribution is 2.33. The van der Waals surface area contributed by atoms with Crippen LogP contribution in [0.3, 0.4) is 0 Å². The predicted octanol–water partition coefficient (Wildman–Crippen LogP) is 1.27. The maximum atomic E-state index is 12.8. The number of nitrogens with one attached hydrogen (secondary N) is 2. The molecule has 2 aromatic carbocycles. The van der Waals surface area contributed by atoms with Crippen LogP contribution in [0.1, 0.15) is 15.9 Å². The lowest BCUT2D eigenvalue weighted by molar-refractivity contribution is -0.136. The molecule has 3 amide bonds. The van der Waals surface area contributed by atoms with Crippen LogP contribution in [-0.4, -0.2) is 76.5 Å². The number of benzene rings is 2. The van der Waals surface area contributed by atoms with Gasteiger partial charge in [-0.1, -0.05) is 12.1 Å². The number of hydrazone groups is 1. The molecule has 0 bridgehead atoms. The Hall–Kier alpha value is -4.12. The van der Waals surface area contributed by atoms with E-state index in [2.05, 4.69) is 15.8 Å². The van der Waals surface area contributed by atoms with Crippen molar-refractivity contribution in [3.05, 3.63) is 47.5 Å². The number of methoxy groups -OCH3 is 3. The summed E-state index contributed by atoms with van der Waals surface area (Å²) in [5.41, 5.74) is 3.16. The minimum absolute atomic E-state index is 0.227. The molecular weight excluding hydrogens is 444 g/mol. The molecular formula is C23H26N4O7. The number of anilines is 1. The highest BCUT2D eigenvalue weighted by molar-refractivity contribution is 6.40. The van der Waals surface area contributed by atoms with Gasteiger partial charge in [0.05, 0.1) is 52.0 Å². The topological polar surface area (TPSA) is 128 Å². The van der Waals surface area contributed by atoms with Gasteiger partial charge < -0.3 is 29.2 Å². The van der Waals surface area contributed by atoms with E-state index >= 15 is 0 Å². The first-order valence-corrected chi connectivity index (χ1v) is 10.4. The van der Waals surface area contributed by atoms with Gasteiger partial charge in [0.25, 0.3) is 5.91 Å². The van der Waals surface area contributed by atoms with Crippen LogP contribution in [0, 0.1) is 0 Å². The van der Waals surface area contributed by atoms with Crippen molar-refractivity contribution in [2.45, 2.75) is 0 Å². The van der Waals surface area contributed by atoms with Crippen molar-refractivity contribution < 1.29 is 33.3 Å². The van der Waals surface area contributed by atoms with E-state index in [1.807, 2.05) is 0 Å². The Kier molecular flexibility index (Phi) is 8.41. The first-order chi connectivity index (χ1) is 16.5. The molecule has 0 saturated carbocycles. The fourth-order valence-corrected chi connectivity index (χ4v) is 3.26. The van der Waals surface area contributed by atoms with Crippen molar-refractivity contribution in [1.82, 2.24) is 10.3 Å². The van der Waals surface area contributed by atoms with Gasteiger partial charge in [0.15, 0.2) is 11.5 Å². The summed E-state index contributed by atoms with van der Waals surface area (Å²) in [4.78, 5) is 39.1. The van der Waals surface area contributed by atoms with Crippen LogP contribution in [0.15, 0.2) is 41.5 Å². The minimum atomic E-state index is -1.01. The molecule has 11 nitrogen and oxygen atoms in total. The quantitative estimate of drug-likeness (QED) is 0.354. The number of hydrogen-bond acceptors (Lipinski definition) is 8. The lowest BCUT2D eigenvalue weighted by atomic mass is 10.1. The SMILES string of the molecule is COc1cc(OC)c(OC)cc1C=NNC(=O)C(=O)Nc1ccccc1C(=O)N1CCOCC1. The maximum Gasteiger partial charge on any atom is 0.329 e. The average Bonchev–Trinajstić information content (AvgIpc) is 2.88. The number of para-hydroxylation sites is 1. The van der Waals surface area contributed by atoms with Gasteiger partial charge in [0.2, 0.25) is 0 Å². The van der Waals surface area contributed by atoms with E-state index in [-0.39, 0.29) is 17.2 Å². The molecule has 11 heteroatoms. The second kappa shape index (κ2) is 11.7. The molecule has 0 radical (unpaired) electrons. The Morgan fingerprint density at radius 3 is 2.26 bits per heavy atom. The summed E-state index contributed by atoms with van der Waals surface area (Å²) in [5, 5.41) is 6.29. The first kappa shape index (κ1) is 24.5. The van der Waals surface area contributed by atoms with Gasteiger partial charge in [-0.25, -0.2) is 5.43 Å². The number of morpholine rings is 1. The van der Waals surface area contributed by atoms with Crippen molar-refractivity contribution in [2.24, 2.45) is 5.10 Å². The Labute approximate surface area is 196 Å². The molecule has 180 valence electrons. The summed E-state index contributed by atoms with van der Waals surface area (Å²) in [5.74, 6) is -0.905. The number of carbonyl (C=O) groups is 3. The Bertz CT molecular complexity index is 1080. The molecule has 1 fully saturated rings. The van der Waals surface area contributed by atoms with E-state index < -0.39 is 11.8 Å². The third-order valence-electron chi connectivity index (χ3n) is 5.02. The van der Waals surface area contributed by atoms with Crippen LogP contribution in [0.25, 0.3) is 0 Å². The summed E-state index contributed by atoms with van der Waals surface area (Å²) >= 11 is 0. The van der Waals surface area contributed by atoms with E-state index in [0.717, 1.165) is 0 Å². The fourth-order valence-electron chi connectivity index (χ4n) is 3.26. The van der Waals surface area contributed by atoms with Crippen molar-refractivity contribution >= 4 is 29.6 Å². The van der Waals surface area contributed by atoms with Gasteiger partial charge in [-0.05, 0) is 18.2 Å². The molecule has 0 aliphatic carbocycles. The molecule has 3 rings (SSSR count). The molecule has 0 spiro atoms. The zero-order valence-corrected chi connectivity index (χ0v) is 19.1. The summed E-state index contributed by atoms with van der Waals surface area (Å²) in [7, 11) is 4.45. The van der Waals surface area contributed by atoms with Crippen LogP contribution >= 0.6 is 0 Å². The smallest absolute Gasteiger partial charge is 0.329 e. The maximum absolute atomic E-state index is 12.8. The van der Waals surface area contributed by atoms with Gasteiger partial charge in [0, 0.05) is 24.7 Å². The predicted molar refractivity (Wildman–Crippen MR) is 124 cm³/mol. The average molecular weight is 470 g/mol. The van der Waals surface area contributed by atoms with E-state index in [1.54, 1.807) is 41.3 Å². The zero-order chi connectivity index (χ0) is 24.5. The van der Waals surface area contributed by atoms with Crippen molar-refractivity contribution in [1.29, 1.82) is 0 Å². The second-order valence-corrected chi connectivity index (χ2v) is 7.05. The number of ether oxygens (including phenoxy) is 4. The Morgan fingerprint density at radius 2 is 1.59 bits per heavy atom. The van der Waals surface area contributed by atoms with Crippen LogP contribution in [0.2, 0.25) is 0 Å². The molecule has 1 aliphatic heterocycles. The summed E-state index contributed by atoms with van der Waals surface area (Å²) in [6.45, 7) is 1.81. The minimum Gasteiger partial charge on any atom is -0.496 e. The Morgan fingerprint density at radius 1 is 0.941 bits per heavy atom. The van der Waals surface area contributed by atoms with E-state index in [9.17, 15) is 14.4 Å². The molecule has 1 aliphatic rings. The van der Waals surface area contributed by atoms with Crippen molar-refractivity contribution in [2.75, 3.05) is 52.9 Å². The molecule has 0 aromatic heterocycles. The third kappa shape index (κ3) is 5.81. The molecule has 0 atom stereocenters. The van der Waals surface area contributed by atoms with Crippen LogP contribution < -0.4 is 25.0 Å². The highest BCUT2D eigenvalue weighted by Gasteiger charge is 2.23. The normalized spacial score (nSPS) is 13.3. The number of carbonyl (C=O) groups excluding carboxylic acids is 3. The number of rotatable bonds is 7. The molecule has 1 heterocycles. The second-order valence-electron chi connectivity index (χ2n) is 7.05. The van der Waals surface area contributed by atoms with Gasteiger partial charge in [-0.15, -0.1) is 0 Å². The van der Waals surface area contributed by atoms with Crippen LogP contribution in [0.4, 0.5) is 5.69 Å². The lowest BCUT2D eigenvalue weighted by Crippen LogP contribution is -2.41. The van der Waals surface area contributed by atoms with E-state index in [0.29, 0.717) is 49.1 Å². The van der Waals surface area contributed by atoms with E-state index in [1.165, 1.54) is 27.5 Å².